The number of carbonyl (C=O) groups excluding carboxylic acids is 2. The Morgan fingerprint density at radius 1 is 0.932 bits per heavy atom. The third kappa shape index (κ3) is 6.00. The largest absolute Gasteiger partial charge is 0.457 e. The average molecular weight is 637 g/mol. The molecule has 222 valence electrons. The molecule has 14 heteroatoms. The van der Waals surface area contributed by atoms with E-state index in [9.17, 15) is 22.8 Å². The molecule has 0 aliphatic carbocycles. The van der Waals surface area contributed by atoms with E-state index in [2.05, 4.69) is 20.9 Å². The first kappa shape index (κ1) is 29.0. The highest BCUT2D eigenvalue weighted by atomic mass is 35.5. The van der Waals surface area contributed by atoms with Gasteiger partial charge in [0.2, 0.25) is 0 Å². The first-order valence-corrected chi connectivity index (χ1v) is 14.1. The molecule has 0 fully saturated rings. The number of rotatable bonds is 6. The van der Waals surface area contributed by atoms with Crippen LogP contribution in [0.25, 0.3) is 26.4 Å². The number of anilines is 2. The first-order valence-electron chi connectivity index (χ1n) is 12.9. The van der Waals surface area contributed by atoms with Crippen LogP contribution in [0.3, 0.4) is 0 Å². The van der Waals surface area contributed by atoms with E-state index in [1.165, 1.54) is 30.6 Å². The third-order valence-electron chi connectivity index (χ3n) is 6.46. The van der Waals surface area contributed by atoms with Gasteiger partial charge in [-0.15, -0.1) is 0 Å². The fourth-order valence-electron chi connectivity index (χ4n) is 4.39. The van der Waals surface area contributed by atoms with Crippen molar-refractivity contribution in [1.29, 1.82) is 0 Å². The Bertz CT molecular complexity index is 2040. The van der Waals surface area contributed by atoms with Crippen molar-refractivity contribution in [3.05, 3.63) is 101 Å². The van der Waals surface area contributed by atoms with Crippen molar-refractivity contribution in [2.45, 2.75) is 6.18 Å². The quantitative estimate of drug-likeness (QED) is 0.171. The van der Waals surface area contributed by atoms with Crippen LogP contribution >= 0.6 is 22.9 Å². The number of ether oxygens (including phenoxy) is 1. The van der Waals surface area contributed by atoms with Crippen LogP contribution in [0.15, 0.2) is 85.2 Å². The van der Waals surface area contributed by atoms with Gasteiger partial charge in [-0.3, -0.25) is 14.2 Å². The zero-order chi connectivity index (χ0) is 31.0. The number of hydrogen-bond acceptors (Lipinski definition) is 6. The molecule has 0 atom stereocenters. The molecule has 0 aliphatic rings. The number of hydrogen-bond donors (Lipinski definition) is 3. The number of benzene rings is 3. The summed E-state index contributed by atoms with van der Waals surface area (Å²) in [6.45, 7) is 0. The van der Waals surface area contributed by atoms with E-state index in [-0.39, 0.29) is 17.3 Å². The number of fused-ring (bicyclic) bond motifs is 3. The molecule has 44 heavy (non-hydrogen) atoms. The summed E-state index contributed by atoms with van der Waals surface area (Å²) in [4.78, 5) is 33.8. The molecule has 0 bridgehead atoms. The smallest absolute Gasteiger partial charge is 0.417 e. The number of nitrogens with one attached hydrogen (secondary N) is 3. The van der Waals surface area contributed by atoms with Gasteiger partial charge in [-0.1, -0.05) is 35.1 Å². The molecule has 3 N–H and O–H groups in total. The summed E-state index contributed by atoms with van der Waals surface area (Å²) >= 11 is 7.12. The molecule has 0 unspecified atom stereocenters. The van der Waals surface area contributed by atoms with E-state index in [4.69, 9.17) is 21.3 Å². The molecule has 0 radical (unpaired) electrons. The average Bonchev–Trinajstić information content (AvgIpc) is 3.55. The molecular weight excluding hydrogens is 617 g/mol. The molecule has 0 aliphatic heterocycles. The van der Waals surface area contributed by atoms with Gasteiger partial charge in [-0.05, 0) is 48.5 Å². The summed E-state index contributed by atoms with van der Waals surface area (Å²) in [6.07, 6.45) is -1.23. The number of urea groups is 1. The lowest BCUT2D eigenvalue weighted by Gasteiger charge is -2.12. The van der Waals surface area contributed by atoms with E-state index >= 15 is 0 Å². The van der Waals surface area contributed by atoms with Crippen molar-refractivity contribution in [3.63, 3.8) is 0 Å². The summed E-state index contributed by atoms with van der Waals surface area (Å²) < 4.78 is 48.2. The molecule has 0 saturated heterocycles. The van der Waals surface area contributed by atoms with E-state index < -0.39 is 22.8 Å². The van der Waals surface area contributed by atoms with Gasteiger partial charge in [-0.25, -0.2) is 9.78 Å². The summed E-state index contributed by atoms with van der Waals surface area (Å²) in [5.74, 6) is 0.774. The minimum Gasteiger partial charge on any atom is -0.457 e. The molecule has 9 nitrogen and oxygen atoms in total. The summed E-state index contributed by atoms with van der Waals surface area (Å²) in [7, 11) is 1.53. The summed E-state index contributed by atoms with van der Waals surface area (Å²) in [5.41, 5.74) is 2.06. The molecule has 3 amide bonds. The Morgan fingerprint density at radius 2 is 1.66 bits per heavy atom. The zero-order valence-corrected chi connectivity index (χ0v) is 24.1. The topological polar surface area (TPSA) is 110 Å². The van der Waals surface area contributed by atoms with Gasteiger partial charge in [0.15, 0.2) is 4.96 Å². The highest BCUT2D eigenvalue weighted by Gasteiger charge is 2.33. The molecule has 3 aromatic carbocycles. The fourth-order valence-corrected chi connectivity index (χ4v) is 5.65. The maximum absolute atomic E-state index is 13.1. The van der Waals surface area contributed by atoms with E-state index in [0.717, 1.165) is 32.9 Å². The van der Waals surface area contributed by atoms with Crippen molar-refractivity contribution in [2.75, 3.05) is 17.7 Å². The number of alkyl halides is 3. The second kappa shape index (κ2) is 11.5. The minimum atomic E-state index is -4.65. The van der Waals surface area contributed by atoms with E-state index in [0.29, 0.717) is 22.9 Å². The highest BCUT2D eigenvalue weighted by molar-refractivity contribution is 7.23. The van der Waals surface area contributed by atoms with Crippen LogP contribution in [0.2, 0.25) is 5.02 Å². The van der Waals surface area contributed by atoms with Crippen LogP contribution in [0.1, 0.15) is 16.1 Å². The Balaban J connectivity index is 1.14. The predicted octanol–water partition coefficient (Wildman–Crippen LogP) is 8.08. The second-order valence-electron chi connectivity index (χ2n) is 9.42. The lowest BCUT2D eigenvalue weighted by atomic mass is 10.1. The third-order valence-corrected chi connectivity index (χ3v) is 7.81. The lowest BCUT2D eigenvalue weighted by molar-refractivity contribution is -0.137. The minimum absolute atomic E-state index is 0.0487. The van der Waals surface area contributed by atoms with Crippen LogP contribution in [0.4, 0.5) is 29.3 Å². The van der Waals surface area contributed by atoms with Crippen LogP contribution in [-0.2, 0) is 6.18 Å². The zero-order valence-electron chi connectivity index (χ0n) is 22.6. The maximum Gasteiger partial charge on any atom is 0.417 e. The molecule has 6 rings (SSSR count). The number of amides is 3. The van der Waals surface area contributed by atoms with Gasteiger partial charge in [0.05, 0.1) is 26.5 Å². The Morgan fingerprint density at radius 3 is 2.41 bits per heavy atom. The Hall–Kier alpha value is -5.14. The second-order valence-corrected chi connectivity index (χ2v) is 10.8. The Kier molecular flexibility index (Phi) is 7.57. The number of thiazole rings is 1. The van der Waals surface area contributed by atoms with Crippen LogP contribution in [-0.4, -0.2) is 33.4 Å². The maximum atomic E-state index is 13.1. The summed E-state index contributed by atoms with van der Waals surface area (Å²) in [5, 5.41) is 7.06. The standard InChI is InChI=1S/C30H20ClF3N6O3S/c1-35-27(41)23-13-20(10-11-36-23)43-19-7-9-25-26(14-19)44-29-39-24(15-40(25)29)16-2-4-17(5-3-16)37-28(42)38-18-6-8-22(31)21(12-18)30(32,33)34/h2-15H,1H3,(H,35,41)(H2,37,38,42). The number of carbonyl (C=O) groups is 2. The normalized spacial score (nSPS) is 11.5. The number of nitrogens with zero attached hydrogens (tertiary/aromatic N) is 3. The monoisotopic (exact) mass is 636 g/mol. The summed E-state index contributed by atoms with van der Waals surface area (Å²) in [6, 6.07) is 18.2. The van der Waals surface area contributed by atoms with Crippen molar-refractivity contribution in [2.24, 2.45) is 0 Å². The van der Waals surface area contributed by atoms with E-state index in [1.54, 1.807) is 36.4 Å². The lowest BCUT2D eigenvalue weighted by Crippen LogP contribution is -2.19. The van der Waals surface area contributed by atoms with Crippen molar-refractivity contribution in [3.8, 4) is 22.8 Å². The molecular formula is C30H20ClF3N6O3S. The molecule has 3 heterocycles. The van der Waals surface area contributed by atoms with E-state index in [1.807, 2.05) is 28.8 Å². The van der Waals surface area contributed by atoms with Crippen LogP contribution in [0, 0.1) is 0 Å². The van der Waals surface area contributed by atoms with Crippen molar-refractivity contribution >= 4 is 61.4 Å². The highest BCUT2D eigenvalue weighted by Crippen LogP contribution is 2.36. The molecule has 0 saturated carbocycles. The molecule has 0 spiro atoms. The number of halogens is 4. The Labute approximate surface area is 256 Å². The van der Waals surface area contributed by atoms with Crippen LogP contribution < -0.4 is 20.7 Å². The van der Waals surface area contributed by atoms with Gasteiger partial charge in [0, 0.05) is 48.5 Å². The number of aromatic nitrogens is 3. The SMILES string of the molecule is CNC(=O)c1cc(Oc2ccc3c(c2)sc2nc(-c4ccc(NC(=O)Nc5ccc(Cl)c(C(F)(F)F)c5)cc4)cn23)ccn1. The number of pyridine rings is 1. The van der Waals surface area contributed by atoms with Gasteiger partial charge < -0.3 is 20.7 Å². The van der Waals surface area contributed by atoms with Crippen LogP contribution in [0.5, 0.6) is 11.5 Å². The first-order chi connectivity index (χ1) is 21.1. The van der Waals surface area contributed by atoms with Crippen molar-refractivity contribution in [1.82, 2.24) is 19.7 Å². The predicted molar refractivity (Wildman–Crippen MR) is 163 cm³/mol. The van der Waals surface area contributed by atoms with Crippen molar-refractivity contribution < 1.29 is 27.5 Å². The molecule has 6 aromatic rings. The van der Waals surface area contributed by atoms with Gasteiger partial charge >= 0.3 is 12.2 Å². The number of imidazole rings is 1. The fraction of sp³-hybridized carbons (Fsp3) is 0.0667. The van der Waals surface area contributed by atoms with Gasteiger partial charge in [0.1, 0.15) is 17.2 Å². The molecule has 3 aromatic heterocycles. The van der Waals surface area contributed by atoms with Gasteiger partial charge in [0.25, 0.3) is 5.91 Å². The van der Waals surface area contributed by atoms with Gasteiger partial charge in [-0.2, -0.15) is 13.2 Å².